The minimum Gasteiger partial charge on any atom is -0.349 e. The summed E-state index contributed by atoms with van der Waals surface area (Å²) in [4.78, 5) is 12.1. The van der Waals surface area contributed by atoms with Crippen molar-refractivity contribution < 1.29 is 4.79 Å². The molecule has 0 aromatic carbocycles. The van der Waals surface area contributed by atoms with E-state index in [9.17, 15) is 4.79 Å². The van der Waals surface area contributed by atoms with Crippen molar-refractivity contribution in [1.82, 2.24) is 20.4 Å². The van der Waals surface area contributed by atoms with E-state index in [2.05, 4.69) is 36.5 Å². The van der Waals surface area contributed by atoms with E-state index in [1.54, 1.807) is 4.68 Å². The first kappa shape index (κ1) is 18.9. The summed E-state index contributed by atoms with van der Waals surface area (Å²) >= 11 is 0. The number of carbonyl (C=O) groups is 1. The van der Waals surface area contributed by atoms with Gasteiger partial charge in [0.1, 0.15) is 5.69 Å². The van der Waals surface area contributed by atoms with E-state index < -0.39 is 0 Å². The second kappa shape index (κ2) is 9.77. The van der Waals surface area contributed by atoms with Gasteiger partial charge in [-0.2, -0.15) is 5.10 Å². The van der Waals surface area contributed by atoms with Crippen LogP contribution in [0.1, 0.15) is 56.2 Å². The van der Waals surface area contributed by atoms with Crippen LogP contribution in [0.4, 0.5) is 0 Å². The zero-order valence-electron chi connectivity index (χ0n) is 12.9. The molecule has 0 aliphatic carbocycles. The molecule has 2 N–H and O–H groups in total. The molecule has 0 fully saturated rings. The minimum atomic E-state index is -0.0421. The molecule has 0 radical (unpaired) electrons. The van der Waals surface area contributed by atoms with Gasteiger partial charge in [-0.25, -0.2) is 0 Å². The minimum absolute atomic E-state index is 0. The van der Waals surface area contributed by atoms with Crippen molar-refractivity contribution in [2.75, 3.05) is 19.6 Å². The quantitative estimate of drug-likeness (QED) is 0.724. The Kier molecular flexibility index (Phi) is 9.25. The largest absolute Gasteiger partial charge is 0.349 e. The third kappa shape index (κ3) is 5.51. The summed E-state index contributed by atoms with van der Waals surface area (Å²) in [5.41, 5.74) is 1.62. The molecule has 0 aliphatic heterocycles. The van der Waals surface area contributed by atoms with Gasteiger partial charge in [-0.3, -0.25) is 9.48 Å². The molecule has 1 amide bonds. The zero-order chi connectivity index (χ0) is 14.3. The van der Waals surface area contributed by atoms with Gasteiger partial charge in [-0.05, 0) is 31.9 Å². The Morgan fingerprint density at radius 2 is 2.00 bits per heavy atom. The molecule has 5 nitrogen and oxygen atoms in total. The average Bonchev–Trinajstić information content (AvgIpc) is 2.82. The molecule has 1 rings (SSSR count). The smallest absolute Gasteiger partial charge is 0.269 e. The highest BCUT2D eigenvalue weighted by Gasteiger charge is 2.15. The van der Waals surface area contributed by atoms with E-state index in [1.807, 2.05) is 13.0 Å². The summed E-state index contributed by atoms with van der Waals surface area (Å²) < 4.78 is 1.77. The first-order valence-corrected chi connectivity index (χ1v) is 7.16. The standard InChI is InChI=1S/C14H26N4O.ClH/c1-5-7-15-8-9-16-14(19)13-10-12(11(3)4)17-18(13)6-2;/h10-11,15H,5-9H2,1-4H3,(H,16,19);1H. The van der Waals surface area contributed by atoms with Crippen molar-refractivity contribution in [2.24, 2.45) is 0 Å². The summed E-state index contributed by atoms with van der Waals surface area (Å²) in [6.45, 7) is 11.4. The molecule has 1 aromatic heterocycles. The summed E-state index contributed by atoms with van der Waals surface area (Å²) in [5.74, 6) is 0.296. The van der Waals surface area contributed by atoms with Crippen molar-refractivity contribution in [1.29, 1.82) is 0 Å². The van der Waals surface area contributed by atoms with Crippen LogP contribution in [0.2, 0.25) is 0 Å². The van der Waals surface area contributed by atoms with Crippen molar-refractivity contribution in [3.63, 3.8) is 0 Å². The van der Waals surface area contributed by atoms with Gasteiger partial charge in [0.05, 0.1) is 5.69 Å². The molecule has 1 heterocycles. The van der Waals surface area contributed by atoms with Gasteiger partial charge in [-0.1, -0.05) is 20.8 Å². The van der Waals surface area contributed by atoms with E-state index in [-0.39, 0.29) is 18.3 Å². The fourth-order valence-corrected chi connectivity index (χ4v) is 1.80. The number of rotatable bonds is 8. The lowest BCUT2D eigenvalue weighted by Crippen LogP contribution is -2.33. The molecule has 6 heteroatoms. The Hall–Kier alpha value is -1.07. The van der Waals surface area contributed by atoms with Crippen LogP contribution in [0.5, 0.6) is 0 Å². The van der Waals surface area contributed by atoms with E-state index >= 15 is 0 Å². The van der Waals surface area contributed by atoms with Crippen LogP contribution in [0.15, 0.2) is 6.07 Å². The van der Waals surface area contributed by atoms with Gasteiger partial charge >= 0.3 is 0 Å². The van der Waals surface area contributed by atoms with Crippen LogP contribution in [-0.2, 0) is 6.54 Å². The molecule has 0 spiro atoms. The van der Waals surface area contributed by atoms with E-state index in [0.29, 0.717) is 24.7 Å². The first-order chi connectivity index (χ1) is 9.10. The molecule has 1 aromatic rings. The van der Waals surface area contributed by atoms with E-state index in [0.717, 1.165) is 25.2 Å². The molecule has 0 bridgehead atoms. The van der Waals surface area contributed by atoms with Crippen LogP contribution in [0.3, 0.4) is 0 Å². The van der Waals surface area contributed by atoms with Gasteiger partial charge in [-0.15, -0.1) is 12.4 Å². The number of aryl methyl sites for hydroxylation is 1. The second-order valence-corrected chi connectivity index (χ2v) is 4.93. The van der Waals surface area contributed by atoms with E-state index in [4.69, 9.17) is 0 Å². The number of hydrogen-bond acceptors (Lipinski definition) is 3. The Labute approximate surface area is 127 Å². The molecule has 20 heavy (non-hydrogen) atoms. The maximum Gasteiger partial charge on any atom is 0.269 e. The Morgan fingerprint density at radius 1 is 1.30 bits per heavy atom. The van der Waals surface area contributed by atoms with Crippen molar-refractivity contribution in [3.8, 4) is 0 Å². The predicted octanol–water partition coefficient (Wildman–Crippen LogP) is 2.18. The fraction of sp³-hybridized carbons (Fsp3) is 0.714. The monoisotopic (exact) mass is 302 g/mol. The van der Waals surface area contributed by atoms with Gasteiger partial charge in [0, 0.05) is 19.6 Å². The number of aromatic nitrogens is 2. The molecular weight excluding hydrogens is 276 g/mol. The lowest BCUT2D eigenvalue weighted by Gasteiger charge is -2.07. The van der Waals surface area contributed by atoms with Gasteiger partial charge in [0.25, 0.3) is 5.91 Å². The highest BCUT2D eigenvalue weighted by molar-refractivity contribution is 5.92. The topological polar surface area (TPSA) is 58.9 Å². The molecule has 0 atom stereocenters. The van der Waals surface area contributed by atoms with Crippen molar-refractivity contribution in [2.45, 2.75) is 46.6 Å². The van der Waals surface area contributed by atoms with Gasteiger partial charge < -0.3 is 10.6 Å². The Bertz CT molecular complexity index is 404. The van der Waals surface area contributed by atoms with Crippen molar-refractivity contribution in [3.05, 3.63) is 17.5 Å². The Morgan fingerprint density at radius 3 is 2.55 bits per heavy atom. The maximum absolute atomic E-state index is 12.1. The predicted molar refractivity (Wildman–Crippen MR) is 84.7 cm³/mol. The summed E-state index contributed by atoms with van der Waals surface area (Å²) in [6, 6.07) is 1.89. The van der Waals surface area contributed by atoms with Crippen LogP contribution in [0, 0.1) is 0 Å². The molecular formula is C14H27ClN4O. The number of amides is 1. The van der Waals surface area contributed by atoms with E-state index in [1.165, 1.54) is 0 Å². The highest BCUT2D eigenvalue weighted by Crippen LogP contribution is 2.14. The third-order valence-corrected chi connectivity index (χ3v) is 2.94. The zero-order valence-corrected chi connectivity index (χ0v) is 13.7. The molecule has 0 saturated carbocycles. The second-order valence-electron chi connectivity index (χ2n) is 4.93. The Balaban J connectivity index is 0.00000361. The molecule has 0 saturated heterocycles. The number of nitrogens with one attached hydrogen (secondary N) is 2. The molecule has 0 unspecified atom stereocenters. The lowest BCUT2D eigenvalue weighted by molar-refractivity contribution is 0.0943. The third-order valence-electron chi connectivity index (χ3n) is 2.94. The van der Waals surface area contributed by atoms with Crippen molar-refractivity contribution >= 4 is 18.3 Å². The summed E-state index contributed by atoms with van der Waals surface area (Å²) in [6.07, 6.45) is 1.11. The molecule has 0 aliphatic rings. The summed E-state index contributed by atoms with van der Waals surface area (Å²) in [7, 11) is 0. The average molecular weight is 303 g/mol. The first-order valence-electron chi connectivity index (χ1n) is 7.16. The molecule has 116 valence electrons. The van der Waals surface area contributed by atoms with Crippen LogP contribution in [-0.4, -0.2) is 35.3 Å². The number of hydrogen-bond donors (Lipinski definition) is 2. The van der Waals surface area contributed by atoms with Crippen LogP contribution < -0.4 is 10.6 Å². The van der Waals surface area contributed by atoms with Gasteiger partial charge in [0.2, 0.25) is 0 Å². The normalized spacial score (nSPS) is 10.4. The number of halogens is 1. The van der Waals surface area contributed by atoms with Crippen LogP contribution in [0.25, 0.3) is 0 Å². The number of carbonyl (C=O) groups excluding carboxylic acids is 1. The summed E-state index contributed by atoms with van der Waals surface area (Å²) in [5, 5.41) is 10.6. The van der Waals surface area contributed by atoms with Crippen LogP contribution >= 0.6 is 12.4 Å². The SMILES string of the molecule is CCCNCCNC(=O)c1cc(C(C)C)nn1CC.Cl. The fourth-order valence-electron chi connectivity index (χ4n) is 1.80. The number of nitrogens with zero attached hydrogens (tertiary/aromatic N) is 2. The van der Waals surface area contributed by atoms with Gasteiger partial charge in [0.15, 0.2) is 0 Å². The highest BCUT2D eigenvalue weighted by atomic mass is 35.5. The maximum atomic E-state index is 12.1. The lowest BCUT2D eigenvalue weighted by atomic mass is 10.1.